The Bertz CT molecular complexity index is 3050. The van der Waals surface area contributed by atoms with Crippen molar-refractivity contribution in [1.82, 2.24) is 43.8 Å². The SMILES string of the molecule is C1CC1.CNc1cc(N2CCc3c(-c4ccc(CN5CCC(N6CCC7(CC6)CN(c6cccc8c6n(C)c(=O)n8C6CCC(=O)NC6=O)C7)C(F)(F)C5)cn4)cccc32)nn2c(C(N)=O)cnc12. The van der Waals surface area contributed by atoms with Crippen molar-refractivity contribution in [3.8, 4) is 11.3 Å². The molecular weight excluding hydrogens is 885 g/mol. The van der Waals surface area contributed by atoms with Crippen LogP contribution in [0.2, 0.25) is 0 Å². The summed E-state index contributed by atoms with van der Waals surface area (Å²) in [7, 11) is 3.50. The summed E-state index contributed by atoms with van der Waals surface area (Å²) in [5.41, 5.74) is 13.8. The summed E-state index contributed by atoms with van der Waals surface area (Å²) in [6.07, 6.45) is 10.9. The number of halogens is 2. The van der Waals surface area contributed by atoms with Crippen LogP contribution in [0.1, 0.15) is 79.0 Å². The Labute approximate surface area is 397 Å². The van der Waals surface area contributed by atoms with Gasteiger partial charge in [-0.15, -0.1) is 5.10 Å². The largest absolute Gasteiger partial charge is 0.385 e. The molecule has 6 aromatic rings. The van der Waals surface area contributed by atoms with Crippen molar-refractivity contribution < 1.29 is 23.2 Å². The third-order valence-corrected chi connectivity index (χ3v) is 15.1. The van der Waals surface area contributed by atoms with E-state index in [2.05, 4.69) is 25.4 Å². The quantitative estimate of drug-likeness (QED) is 0.161. The van der Waals surface area contributed by atoms with Crippen molar-refractivity contribution in [2.75, 3.05) is 68.0 Å². The molecule has 19 heteroatoms. The molecule has 5 fully saturated rings. The number of nitrogens with zero attached hydrogens (tertiary/aromatic N) is 10. The van der Waals surface area contributed by atoms with Crippen molar-refractivity contribution >= 4 is 57.3 Å². The van der Waals surface area contributed by atoms with E-state index in [0.29, 0.717) is 61.8 Å². The van der Waals surface area contributed by atoms with Crippen LogP contribution in [0.3, 0.4) is 0 Å². The van der Waals surface area contributed by atoms with Crippen LogP contribution in [0.5, 0.6) is 0 Å². The topological polar surface area (TPSA) is 184 Å². The highest BCUT2D eigenvalue weighted by atomic mass is 19.3. The summed E-state index contributed by atoms with van der Waals surface area (Å²) >= 11 is 0. The van der Waals surface area contributed by atoms with E-state index in [0.717, 1.165) is 71.6 Å². The van der Waals surface area contributed by atoms with Crippen LogP contribution in [-0.4, -0.2) is 121 Å². The fraction of sp³-hybridized carbons (Fsp3) is 0.460. The summed E-state index contributed by atoms with van der Waals surface area (Å²) in [6.45, 7) is 4.06. The van der Waals surface area contributed by atoms with Crippen molar-refractivity contribution in [3.05, 3.63) is 94.3 Å². The Balaban J connectivity index is 0.00000167. The Kier molecular flexibility index (Phi) is 11.3. The normalized spacial score (nSPS) is 22.0. The van der Waals surface area contributed by atoms with Gasteiger partial charge >= 0.3 is 5.69 Å². The number of hydrogen-bond donors (Lipinski definition) is 3. The zero-order valence-electron chi connectivity index (χ0n) is 39.0. The molecule has 2 aromatic carbocycles. The number of nitrogens with two attached hydrogens (primary N) is 1. The van der Waals surface area contributed by atoms with Crippen LogP contribution in [0, 0.1) is 5.41 Å². The van der Waals surface area contributed by atoms with E-state index < -0.39 is 29.8 Å². The highest BCUT2D eigenvalue weighted by molar-refractivity contribution is 6.00. The number of para-hydroxylation sites is 1. The number of imidazole rings is 2. The second-order valence-corrected chi connectivity index (χ2v) is 19.7. The summed E-state index contributed by atoms with van der Waals surface area (Å²) < 4.78 is 36.7. The Hall–Kier alpha value is -6.73. The number of hydrogen-bond acceptors (Lipinski definition) is 12. The Morgan fingerprint density at radius 2 is 1.67 bits per heavy atom. The number of anilines is 4. The summed E-state index contributed by atoms with van der Waals surface area (Å²) in [4.78, 5) is 67.5. The fourth-order valence-electron chi connectivity index (χ4n) is 11.3. The molecular formula is C50H57F2N13O4. The number of nitrogens with one attached hydrogen (secondary N) is 2. The molecule has 2 unspecified atom stereocenters. The Morgan fingerprint density at radius 1 is 0.899 bits per heavy atom. The number of carbonyl (C=O) groups is 3. The number of carbonyl (C=O) groups excluding carboxylic acids is 3. The second kappa shape index (κ2) is 17.3. The maximum absolute atomic E-state index is 16.1. The van der Waals surface area contributed by atoms with E-state index in [1.54, 1.807) is 24.9 Å². The van der Waals surface area contributed by atoms with Gasteiger partial charge in [-0.3, -0.25) is 43.6 Å². The Morgan fingerprint density at radius 3 is 2.36 bits per heavy atom. The molecule has 69 heavy (non-hydrogen) atoms. The first-order chi connectivity index (χ1) is 33.3. The van der Waals surface area contributed by atoms with Gasteiger partial charge in [0.15, 0.2) is 11.5 Å². The van der Waals surface area contributed by atoms with Gasteiger partial charge in [0.1, 0.15) is 11.7 Å². The molecule has 1 saturated carbocycles. The van der Waals surface area contributed by atoms with Crippen LogP contribution in [-0.2, 0) is 29.6 Å². The van der Waals surface area contributed by atoms with E-state index in [1.165, 1.54) is 34.5 Å². The third-order valence-electron chi connectivity index (χ3n) is 15.1. The fourth-order valence-corrected chi connectivity index (χ4v) is 11.3. The summed E-state index contributed by atoms with van der Waals surface area (Å²) in [6, 6.07) is 16.1. The third kappa shape index (κ3) is 8.07. The first-order valence-corrected chi connectivity index (χ1v) is 24.2. The van der Waals surface area contributed by atoms with Gasteiger partial charge in [-0.2, -0.15) is 0 Å². The minimum absolute atomic E-state index is 0.0130. The molecule has 5 aliphatic heterocycles. The smallest absolute Gasteiger partial charge is 0.329 e. The average molecular weight is 942 g/mol. The number of aromatic nitrogens is 6. The predicted molar refractivity (Wildman–Crippen MR) is 258 cm³/mol. The molecule has 1 spiro atoms. The maximum Gasteiger partial charge on any atom is 0.329 e. The number of benzene rings is 2. The van der Waals surface area contributed by atoms with E-state index in [1.807, 2.05) is 64.4 Å². The van der Waals surface area contributed by atoms with Crippen LogP contribution in [0.4, 0.5) is 31.7 Å². The predicted octanol–water partition coefficient (Wildman–Crippen LogP) is 5.24. The molecule has 3 amide bonds. The van der Waals surface area contributed by atoms with Crippen LogP contribution in [0.25, 0.3) is 27.9 Å². The van der Waals surface area contributed by atoms with Gasteiger partial charge in [-0.25, -0.2) is 23.1 Å². The lowest BCUT2D eigenvalue weighted by Crippen LogP contribution is -2.64. The van der Waals surface area contributed by atoms with Gasteiger partial charge in [0, 0.05) is 82.2 Å². The number of amides is 3. The zero-order chi connectivity index (χ0) is 47.8. The first kappa shape index (κ1) is 44.8. The molecule has 4 N–H and O–H groups in total. The lowest BCUT2D eigenvalue weighted by atomic mass is 9.71. The standard InChI is InChI=1S/C47H51F2N13O4.C3H6/c1-51-32-21-39(55-62-37(42(50)64)23-53-43(32)62)60-18-13-30-29(5-3-6-33(30)60)31-10-9-28(22-52-31)24-57-17-14-38(47(48,49)27-57)58-19-15-46(16-20-58)25-59(26-46)34-7-4-8-35-41(34)56(2)45(66)61(35)36-11-12-40(63)54-44(36)65;1-2-3-1/h3-10,21-23,36,38,51H,11-20,24-27H2,1-2H3,(H2,50,64)(H,54,63,65);1-3H2. The highest BCUT2D eigenvalue weighted by Crippen LogP contribution is 2.46. The maximum atomic E-state index is 16.1. The van der Waals surface area contributed by atoms with Crippen molar-refractivity contribution in [2.24, 2.45) is 18.2 Å². The number of alkyl halides is 2. The number of pyridine rings is 1. The molecule has 12 rings (SSSR count). The van der Waals surface area contributed by atoms with Crippen molar-refractivity contribution in [3.63, 3.8) is 0 Å². The minimum Gasteiger partial charge on any atom is -0.385 e. The number of imide groups is 1. The molecule has 4 aromatic heterocycles. The summed E-state index contributed by atoms with van der Waals surface area (Å²) in [5, 5.41) is 10.3. The number of rotatable bonds is 9. The minimum atomic E-state index is -2.87. The van der Waals surface area contributed by atoms with Gasteiger partial charge in [-0.05, 0) is 80.6 Å². The average Bonchev–Trinajstić information content (AvgIpc) is 3.99. The zero-order valence-corrected chi connectivity index (χ0v) is 39.0. The lowest BCUT2D eigenvalue weighted by Gasteiger charge is -2.56. The molecule has 360 valence electrons. The number of likely N-dealkylation sites (tertiary alicyclic amines) is 2. The second-order valence-electron chi connectivity index (χ2n) is 19.7. The molecule has 0 radical (unpaired) electrons. The molecule has 2 atom stereocenters. The first-order valence-electron chi connectivity index (χ1n) is 24.2. The number of aryl methyl sites for hydroxylation is 1. The molecule has 9 heterocycles. The molecule has 0 bridgehead atoms. The van der Waals surface area contributed by atoms with Gasteiger partial charge in [0.2, 0.25) is 11.8 Å². The highest BCUT2D eigenvalue weighted by Gasteiger charge is 2.52. The van der Waals surface area contributed by atoms with E-state index >= 15 is 8.78 Å². The molecule has 6 aliphatic rings. The van der Waals surface area contributed by atoms with Crippen molar-refractivity contribution in [1.29, 1.82) is 0 Å². The van der Waals surface area contributed by atoms with Crippen LogP contribution < -0.4 is 31.9 Å². The van der Waals surface area contributed by atoms with E-state index in [9.17, 15) is 19.2 Å². The van der Waals surface area contributed by atoms with Crippen LogP contribution >= 0.6 is 0 Å². The number of piperidine rings is 3. The summed E-state index contributed by atoms with van der Waals surface area (Å²) in [5.74, 6) is -3.64. The van der Waals surface area contributed by atoms with E-state index in [4.69, 9.17) is 15.8 Å². The van der Waals surface area contributed by atoms with Gasteiger partial charge < -0.3 is 20.9 Å². The number of primary amides is 1. The van der Waals surface area contributed by atoms with Crippen molar-refractivity contribution in [2.45, 2.75) is 82.3 Å². The van der Waals surface area contributed by atoms with Gasteiger partial charge in [-0.1, -0.05) is 43.5 Å². The molecule has 4 saturated heterocycles. The monoisotopic (exact) mass is 941 g/mol. The van der Waals surface area contributed by atoms with E-state index in [-0.39, 0.29) is 42.1 Å². The van der Waals surface area contributed by atoms with Gasteiger partial charge in [0.05, 0.1) is 46.9 Å². The van der Waals surface area contributed by atoms with Gasteiger partial charge in [0.25, 0.3) is 11.8 Å². The molecule has 17 nitrogen and oxygen atoms in total. The molecule has 1 aliphatic carbocycles. The lowest BCUT2D eigenvalue weighted by molar-refractivity contribution is -0.138. The number of fused-ring (bicyclic) bond motifs is 3. The van der Waals surface area contributed by atoms with Crippen LogP contribution in [0.15, 0.2) is 71.8 Å².